The molecule has 0 unspecified atom stereocenters. The molecular formula is C26H33N3O3. The van der Waals surface area contributed by atoms with Crippen LogP contribution in [0, 0.1) is 40.5 Å². The molecule has 3 rings (SSSR count). The molecule has 2 amide bonds. The Bertz CT molecular complexity index is 1070. The highest BCUT2D eigenvalue weighted by atomic mass is 16.5. The predicted octanol–water partition coefficient (Wildman–Crippen LogP) is 6.84. The number of urea groups is 1. The van der Waals surface area contributed by atoms with Crippen molar-refractivity contribution in [2.24, 2.45) is 5.92 Å². The molecule has 0 aliphatic carbocycles. The molecule has 170 valence electrons. The molecule has 1 aromatic heterocycles. The number of ether oxygens (including phenoxy) is 1. The molecule has 2 N–H and O–H groups in total. The van der Waals surface area contributed by atoms with Gasteiger partial charge < -0.3 is 19.9 Å². The van der Waals surface area contributed by atoms with Crippen LogP contribution in [0.3, 0.4) is 0 Å². The number of aromatic nitrogens is 1. The van der Waals surface area contributed by atoms with Crippen LogP contribution in [0.25, 0.3) is 11.1 Å². The molecule has 32 heavy (non-hydrogen) atoms. The first-order valence-corrected chi connectivity index (χ1v) is 11.0. The Kier molecular flexibility index (Phi) is 7.23. The van der Waals surface area contributed by atoms with Crippen LogP contribution in [0.5, 0.6) is 11.5 Å². The first-order valence-electron chi connectivity index (χ1n) is 11.0. The third kappa shape index (κ3) is 5.69. The molecule has 0 saturated carbocycles. The van der Waals surface area contributed by atoms with E-state index in [0.717, 1.165) is 62.9 Å². The lowest BCUT2D eigenvalue weighted by Gasteiger charge is -2.16. The van der Waals surface area contributed by atoms with Crippen LogP contribution in [0.15, 0.2) is 34.9 Å². The summed E-state index contributed by atoms with van der Waals surface area (Å²) in [6.07, 6.45) is 0.949. The first-order chi connectivity index (χ1) is 15.1. The number of nitrogens with zero attached hydrogens (tertiary/aromatic N) is 1. The molecule has 2 aromatic carbocycles. The maximum absolute atomic E-state index is 12.2. The SMILES string of the molecule is Cc1cc(Oc2c(C)cc(NC(=O)NCCC(C)C)cc2C)cc(-c2c(C)noc2C)c1. The van der Waals surface area contributed by atoms with Gasteiger partial charge in [-0.1, -0.05) is 25.1 Å². The lowest BCUT2D eigenvalue weighted by molar-refractivity contribution is 0.251. The van der Waals surface area contributed by atoms with Crippen LogP contribution in [-0.2, 0) is 0 Å². The van der Waals surface area contributed by atoms with Crippen molar-refractivity contribution in [3.63, 3.8) is 0 Å². The monoisotopic (exact) mass is 435 g/mol. The van der Waals surface area contributed by atoms with E-state index in [0.29, 0.717) is 12.5 Å². The minimum atomic E-state index is -0.194. The molecule has 0 saturated heterocycles. The summed E-state index contributed by atoms with van der Waals surface area (Å²) in [6.45, 7) is 14.8. The van der Waals surface area contributed by atoms with Gasteiger partial charge in [0, 0.05) is 17.8 Å². The van der Waals surface area contributed by atoms with E-state index in [-0.39, 0.29) is 6.03 Å². The summed E-state index contributed by atoms with van der Waals surface area (Å²) in [6, 6.07) is 9.78. The highest BCUT2D eigenvalue weighted by Crippen LogP contribution is 2.35. The van der Waals surface area contributed by atoms with Crippen molar-refractivity contribution < 1.29 is 14.1 Å². The van der Waals surface area contributed by atoms with E-state index >= 15 is 0 Å². The molecule has 0 aliphatic heterocycles. The second-order valence-corrected chi connectivity index (χ2v) is 8.84. The topological polar surface area (TPSA) is 76.4 Å². The van der Waals surface area contributed by atoms with Gasteiger partial charge in [0.1, 0.15) is 17.3 Å². The molecule has 0 bridgehead atoms. The summed E-state index contributed by atoms with van der Waals surface area (Å²) in [4.78, 5) is 12.2. The number of aryl methyl sites for hydroxylation is 5. The Morgan fingerprint density at radius 2 is 1.72 bits per heavy atom. The van der Waals surface area contributed by atoms with E-state index in [1.54, 1.807) is 0 Å². The fraction of sp³-hybridized carbons (Fsp3) is 0.385. The summed E-state index contributed by atoms with van der Waals surface area (Å²) in [5.41, 5.74) is 6.59. The average Bonchev–Trinajstić information content (AvgIpc) is 3.02. The quantitative estimate of drug-likeness (QED) is 0.426. The highest BCUT2D eigenvalue weighted by molar-refractivity contribution is 5.89. The van der Waals surface area contributed by atoms with Crippen LogP contribution in [-0.4, -0.2) is 17.7 Å². The second-order valence-electron chi connectivity index (χ2n) is 8.84. The van der Waals surface area contributed by atoms with Crippen molar-refractivity contribution in [3.8, 4) is 22.6 Å². The van der Waals surface area contributed by atoms with Gasteiger partial charge >= 0.3 is 6.03 Å². The average molecular weight is 436 g/mol. The summed E-state index contributed by atoms with van der Waals surface area (Å²) in [5, 5.41) is 9.88. The number of nitrogens with one attached hydrogen (secondary N) is 2. The Labute approximate surface area is 190 Å². The third-order valence-electron chi connectivity index (χ3n) is 5.32. The molecule has 0 atom stereocenters. The smallest absolute Gasteiger partial charge is 0.319 e. The second kappa shape index (κ2) is 9.90. The third-order valence-corrected chi connectivity index (χ3v) is 5.32. The maximum Gasteiger partial charge on any atom is 0.319 e. The Morgan fingerprint density at radius 3 is 2.31 bits per heavy atom. The molecule has 1 heterocycles. The lowest BCUT2D eigenvalue weighted by Crippen LogP contribution is -2.30. The van der Waals surface area contributed by atoms with Crippen molar-refractivity contribution in [1.82, 2.24) is 10.5 Å². The number of amides is 2. The number of hydrogen-bond donors (Lipinski definition) is 2. The zero-order valence-electron chi connectivity index (χ0n) is 20.1. The molecule has 6 nitrogen and oxygen atoms in total. The minimum absolute atomic E-state index is 0.194. The van der Waals surface area contributed by atoms with E-state index in [1.165, 1.54) is 0 Å². The molecular weight excluding hydrogens is 402 g/mol. The fourth-order valence-electron chi connectivity index (χ4n) is 3.80. The van der Waals surface area contributed by atoms with Crippen LogP contribution in [0.1, 0.15) is 48.4 Å². The van der Waals surface area contributed by atoms with Crippen LogP contribution in [0.2, 0.25) is 0 Å². The Morgan fingerprint density at radius 1 is 1.03 bits per heavy atom. The number of anilines is 1. The zero-order valence-corrected chi connectivity index (χ0v) is 20.1. The number of hydrogen-bond acceptors (Lipinski definition) is 4. The minimum Gasteiger partial charge on any atom is -0.457 e. The van der Waals surface area contributed by atoms with Gasteiger partial charge in [0.2, 0.25) is 0 Å². The Hall–Kier alpha value is -3.28. The van der Waals surface area contributed by atoms with Crippen LogP contribution >= 0.6 is 0 Å². The number of rotatable bonds is 7. The molecule has 6 heteroatoms. The number of carbonyl (C=O) groups is 1. The summed E-state index contributed by atoms with van der Waals surface area (Å²) in [7, 11) is 0. The van der Waals surface area contributed by atoms with Crippen molar-refractivity contribution in [2.45, 2.75) is 54.9 Å². The van der Waals surface area contributed by atoms with Gasteiger partial charge in [0.25, 0.3) is 0 Å². The number of carbonyl (C=O) groups excluding carboxylic acids is 1. The molecule has 0 aliphatic rings. The van der Waals surface area contributed by atoms with Crippen LogP contribution < -0.4 is 15.4 Å². The maximum atomic E-state index is 12.2. The van der Waals surface area contributed by atoms with Gasteiger partial charge in [0.05, 0.1) is 5.69 Å². The summed E-state index contributed by atoms with van der Waals surface area (Å²) in [5.74, 6) is 2.87. The molecule has 3 aromatic rings. The largest absolute Gasteiger partial charge is 0.457 e. The van der Waals surface area contributed by atoms with E-state index < -0.39 is 0 Å². The zero-order chi connectivity index (χ0) is 23.4. The van der Waals surface area contributed by atoms with E-state index in [2.05, 4.69) is 35.7 Å². The lowest BCUT2D eigenvalue weighted by atomic mass is 10.0. The van der Waals surface area contributed by atoms with Gasteiger partial charge in [-0.2, -0.15) is 0 Å². The van der Waals surface area contributed by atoms with E-state index in [4.69, 9.17) is 9.26 Å². The van der Waals surface area contributed by atoms with Crippen LogP contribution in [0.4, 0.5) is 10.5 Å². The van der Waals surface area contributed by atoms with E-state index in [9.17, 15) is 4.79 Å². The van der Waals surface area contributed by atoms with Gasteiger partial charge in [0.15, 0.2) is 0 Å². The van der Waals surface area contributed by atoms with Crippen molar-refractivity contribution in [1.29, 1.82) is 0 Å². The predicted molar refractivity (Wildman–Crippen MR) is 129 cm³/mol. The normalized spacial score (nSPS) is 11.0. The van der Waals surface area contributed by atoms with Gasteiger partial charge in [-0.25, -0.2) is 4.79 Å². The van der Waals surface area contributed by atoms with Gasteiger partial charge in [-0.05, 0) is 93.5 Å². The highest BCUT2D eigenvalue weighted by Gasteiger charge is 2.15. The standard InChI is InChI=1S/C26H33N3O3/c1-15(2)8-9-27-26(30)28-22-12-17(4)25(18(5)13-22)31-23-11-16(3)10-21(14-23)24-19(6)29-32-20(24)7/h10-15H,8-9H2,1-7H3,(H2,27,28,30). The van der Waals surface area contributed by atoms with Crippen molar-refractivity contribution >= 4 is 11.7 Å². The molecule has 0 fully saturated rings. The number of benzene rings is 2. The van der Waals surface area contributed by atoms with Gasteiger partial charge in [-0.15, -0.1) is 0 Å². The molecule has 0 radical (unpaired) electrons. The summed E-state index contributed by atoms with van der Waals surface area (Å²) < 4.78 is 11.6. The van der Waals surface area contributed by atoms with E-state index in [1.807, 2.05) is 58.9 Å². The Balaban J connectivity index is 1.79. The van der Waals surface area contributed by atoms with Crippen molar-refractivity contribution in [2.75, 3.05) is 11.9 Å². The first kappa shape index (κ1) is 23.4. The van der Waals surface area contributed by atoms with Crippen molar-refractivity contribution in [3.05, 3.63) is 58.5 Å². The fourth-order valence-corrected chi connectivity index (χ4v) is 3.80. The molecule has 0 spiro atoms. The van der Waals surface area contributed by atoms with Gasteiger partial charge in [-0.3, -0.25) is 0 Å². The summed E-state index contributed by atoms with van der Waals surface area (Å²) >= 11 is 0.